The van der Waals surface area contributed by atoms with Crippen LogP contribution in [0.1, 0.15) is 10.4 Å². The van der Waals surface area contributed by atoms with Crippen molar-refractivity contribution in [3.8, 4) is 5.75 Å². The van der Waals surface area contributed by atoms with Crippen molar-refractivity contribution in [1.82, 2.24) is 0 Å². The minimum absolute atomic E-state index is 0.313. The molecule has 0 spiro atoms. The molecular weight excluding hydrogens is 365 g/mol. The summed E-state index contributed by atoms with van der Waals surface area (Å²) in [6.45, 7) is 0. The topological polar surface area (TPSA) is 38.3 Å². The zero-order valence-corrected chi connectivity index (χ0v) is 13.5. The Kier molecular flexibility index (Phi) is 4.91. The van der Waals surface area contributed by atoms with Crippen molar-refractivity contribution >= 4 is 50.7 Å². The second-order valence-corrected chi connectivity index (χ2v) is 5.68. The van der Waals surface area contributed by atoms with E-state index >= 15 is 0 Å². The van der Waals surface area contributed by atoms with Crippen molar-refractivity contribution in [1.29, 1.82) is 0 Å². The summed E-state index contributed by atoms with van der Waals surface area (Å²) in [6, 6.07) is 10.1. The molecule has 2 aromatic rings. The van der Waals surface area contributed by atoms with Gasteiger partial charge in [0.05, 0.1) is 23.4 Å². The zero-order chi connectivity index (χ0) is 14.7. The second-order valence-electron chi connectivity index (χ2n) is 3.92. The highest BCUT2D eigenvalue weighted by molar-refractivity contribution is 9.10. The first-order valence-corrected chi connectivity index (χ1v) is 7.16. The van der Waals surface area contributed by atoms with E-state index < -0.39 is 0 Å². The Morgan fingerprint density at radius 3 is 2.60 bits per heavy atom. The Balaban J connectivity index is 2.30. The van der Waals surface area contributed by atoms with Crippen LogP contribution in [0.5, 0.6) is 5.75 Å². The van der Waals surface area contributed by atoms with Crippen LogP contribution in [0.2, 0.25) is 10.0 Å². The fourth-order valence-corrected chi connectivity index (χ4v) is 2.45. The molecule has 1 amide bonds. The standard InChI is InChI=1S/C14H10BrCl2NO2/c1-20-13-5-2-8(15)6-10(13)14(19)18-12-4-3-9(16)7-11(12)17/h2-7H,1H3,(H,18,19). The number of anilines is 1. The van der Waals surface area contributed by atoms with E-state index in [0.717, 1.165) is 4.47 Å². The summed E-state index contributed by atoms with van der Waals surface area (Å²) in [7, 11) is 1.51. The van der Waals surface area contributed by atoms with E-state index in [9.17, 15) is 4.79 Å². The van der Waals surface area contributed by atoms with Crippen LogP contribution in [0.25, 0.3) is 0 Å². The van der Waals surface area contributed by atoms with E-state index in [-0.39, 0.29) is 5.91 Å². The Morgan fingerprint density at radius 1 is 1.20 bits per heavy atom. The zero-order valence-electron chi connectivity index (χ0n) is 10.4. The summed E-state index contributed by atoms with van der Waals surface area (Å²) in [5.41, 5.74) is 0.899. The van der Waals surface area contributed by atoms with Gasteiger partial charge in [0.25, 0.3) is 5.91 Å². The first kappa shape index (κ1) is 15.2. The normalized spacial score (nSPS) is 10.2. The van der Waals surface area contributed by atoms with Crippen molar-refractivity contribution in [3.05, 3.63) is 56.5 Å². The highest BCUT2D eigenvalue weighted by atomic mass is 79.9. The highest BCUT2D eigenvalue weighted by Crippen LogP contribution is 2.28. The number of nitrogens with one attached hydrogen (secondary N) is 1. The molecule has 0 atom stereocenters. The Labute approximate surface area is 135 Å². The summed E-state index contributed by atoms with van der Waals surface area (Å²) in [6.07, 6.45) is 0. The molecule has 0 radical (unpaired) electrons. The molecule has 20 heavy (non-hydrogen) atoms. The van der Waals surface area contributed by atoms with Crippen LogP contribution in [0.3, 0.4) is 0 Å². The van der Waals surface area contributed by atoms with Crippen LogP contribution < -0.4 is 10.1 Å². The third-order valence-electron chi connectivity index (χ3n) is 2.59. The summed E-state index contributed by atoms with van der Waals surface area (Å²) in [5, 5.41) is 3.61. The summed E-state index contributed by atoms with van der Waals surface area (Å²) >= 11 is 15.2. The third-order valence-corrected chi connectivity index (χ3v) is 3.63. The van der Waals surface area contributed by atoms with Crippen molar-refractivity contribution in [2.45, 2.75) is 0 Å². The van der Waals surface area contributed by atoms with Crippen LogP contribution in [-0.4, -0.2) is 13.0 Å². The summed E-state index contributed by atoms with van der Waals surface area (Å²) in [5.74, 6) is 0.170. The summed E-state index contributed by atoms with van der Waals surface area (Å²) in [4.78, 5) is 12.3. The fourth-order valence-electron chi connectivity index (χ4n) is 1.64. The second kappa shape index (κ2) is 6.48. The molecule has 2 aromatic carbocycles. The lowest BCUT2D eigenvalue weighted by Gasteiger charge is -2.11. The molecule has 0 unspecified atom stereocenters. The molecule has 0 aliphatic rings. The number of hydrogen-bond acceptors (Lipinski definition) is 2. The van der Waals surface area contributed by atoms with Gasteiger partial charge in [0.2, 0.25) is 0 Å². The quantitative estimate of drug-likeness (QED) is 0.819. The van der Waals surface area contributed by atoms with Crippen molar-refractivity contribution in [2.24, 2.45) is 0 Å². The molecule has 3 nitrogen and oxygen atoms in total. The van der Waals surface area contributed by atoms with Gasteiger partial charge >= 0.3 is 0 Å². The average Bonchev–Trinajstić information content (AvgIpc) is 2.41. The van der Waals surface area contributed by atoms with E-state index in [1.807, 2.05) is 0 Å². The van der Waals surface area contributed by atoms with E-state index in [1.54, 1.807) is 36.4 Å². The molecule has 0 aliphatic carbocycles. The van der Waals surface area contributed by atoms with Gasteiger partial charge in [0.1, 0.15) is 5.75 Å². The highest BCUT2D eigenvalue weighted by Gasteiger charge is 2.14. The monoisotopic (exact) mass is 373 g/mol. The predicted molar refractivity (Wildman–Crippen MR) is 85.1 cm³/mol. The molecule has 0 saturated heterocycles. The van der Waals surface area contributed by atoms with Crippen molar-refractivity contribution < 1.29 is 9.53 Å². The lowest BCUT2D eigenvalue weighted by Crippen LogP contribution is -2.13. The van der Waals surface area contributed by atoms with E-state index in [4.69, 9.17) is 27.9 Å². The summed E-state index contributed by atoms with van der Waals surface area (Å²) < 4.78 is 5.96. The van der Waals surface area contributed by atoms with Gasteiger partial charge in [-0.15, -0.1) is 0 Å². The number of halogens is 3. The molecular formula is C14H10BrCl2NO2. The van der Waals surface area contributed by atoms with Crippen LogP contribution in [0.15, 0.2) is 40.9 Å². The van der Waals surface area contributed by atoms with Gasteiger partial charge in [-0.3, -0.25) is 4.79 Å². The number of hydrogen-bond donors (Lipinski definition) is 1. The lowest BCUT2D eigenvalue weighted by atomic mass is 10.2. The maximum Gasteiger partial charge on any atom is 0.259 e. The number of methoxy groups -OCH3 is 1. The van der Waals surface area contributed by atoms with Crippen LogP contribution in [-0.2, 0) is 0 Å². The van der Waals surface area contributed by atoms with Gasteiger partial charge in [0.15, 0.2) is 0 Å². The van der Waals surface area contributed by atoms with E-state index in [0.29, 0.717) is 27.0 Å². The molecule has 6 heteroatoms. The maximum absolute atomic E-state index is 12.3. The SMILES string of the molecule is COc1ccc(Br)cc1C(=O)Nc1ccc(Cl)cc1Cl. The molecule has 0 aromatic heterocycles. The first-order valence-electron chi connectivity index (χ1n) is 5.61. The minimum Gasteiger partial charge on any atom is -0.496 e. The molecule has 0 aliphatic heterocycles. The number of benzene rings is 2. The molecule has 1 N–H and O–H groups in total. The molecule has 0 bridgehead atoms. The van der Waals surface area contributed by atoms with Crippen LogP contribution in [0, 0.1) is 0 Å². The molecule has 0 heterocycles. The lowest BCUT2D eigenvalue weighted by molar-refractivity contribution is 0.102. The van der Waals surface area contributed by atoms with Crippen molar-refractivity contribution in [2.75, 3.05) is 12.4 Å². The number of ether oxygens (including phenoxy) is 1. The minimum atomic E-state index is -0.313. The molecule has 0 fully saturated rings. The molecule has 0 saturated carbocycles. The molecule has 2 rings (SSSR count). The Bertz CT molecular complexity index is 662. The molecule has 104 valence electrons. The van der Waals surface area contributed by atoms with Crippen LogP contribution >= 0.6 is 39.1 Å². The van der Waals surface area contributed by atoms with E-state index in [2.05, 4.69) is 21.2 Å². The predicted octanol–water partition coefficient (Wildman–Crippen LogP) is 5.02. The van der Waals surface area contributed by atoms with E-state index in [1.165, 1.54) is 7.11 Å². The smallest absolute Gasteiger partial charge is 0.259 e. The Hall–Kier alpha value is -1.23. The van der Waals surface area contributed by atoms with Crippen molar-refractivity contribution in [3.63, 3.8) is 0 Å². The number of carbonyl (C=O) groups is 1. The largest absolute Gasteiger partial charge is 0.496 e. The number of rotatable bonds is 3. The fraction of sp³-hybridized carbons (Fsp3) is 0.0714. The van der Waals surface area contributed by atoms with Crippen LogP contribution in [0.4, 0.5) is 5.69 Å². The van der Waals surface area contributed by atoms with Gasteiger partial charge in [-0.2, -0.15) is 0 Å². The third kappa shape index (κ3) is 3.45. The first-order chi connectivity index (χ1) is 9.51. The van der Waals surface area contributed by atoms with Gasteiger partial charge < -0.3 is 10.1 Å². The van der Waals surface area contributed by atoms with Gasteiger partial charge in [0, 0.05) is 9.50 Å². The number of amides is 1. The Morgan fingerprint density at radius 2 is 1.95 bits per heavy atom. The van der Waals surface area contributed by atoms with Gasteiger partial charge in [-0.25, -0.2) is 0 Å². The van der Waals surface area contributed by atoms with Gasteiger partial charge in [-0.05, 0) is 36.4 Å². The maximum atomic E-state index is 12.3. The average molecular weight is 375 g/mol. The number of carbonyl (C=O) groups excluding carboxylic acids is 1. The van der Waals surface area contributed by atoms with Gasteiger partial charge in [-0.1, -0.05) is 39.1 Å².